The molecule has 104 valence electrons. The number of likely N-dealkylation sites (tertiary alicyclic amines) is 1. The molecular weight excluding hydrogens is 222 g/mol. The van der Waals surface area contributed by atoms with Crippen molar-refractivity contribution >= 4 is 5.91 Å². The largest absolute Gasteiger partial charge is 0.320 e. The third-order valence-corrected chi connectivity index (χ3v) is 4.06. The second-order valence-electron chi connectivity index (χ2n) is 7.52. The van der Waals surface area contributed by atoms with Gasteiger partial charge in [-0.3, -0.25) is 4.79 Å². The van der Waals surface area contributed by atoms with Crippen molar-refractivity contribution in [2.75, 3.05) is 6.54 Å². The highest BCUT2D eigenvalue weighted by Crippen LogP contribution is 2.43. The predicted molar refractivity (Wildman–Crippen MR) is 77.1 cm³/mol. The summed E-state index contributed by atoms with van der Waals surface area (Å²) < 4.78 is 0. The Kier molecular flexibility index (Phi) is 4.63. The van der Waals surface area contributed by atoms with Gasteiger partial charge in [-0.05, 0) is 42.2 Å². The highest BCUT2D eigenvalue weighted by molar-refractivity contribution is 5.77. The lowest BCUT2D eigenvalue weighted by Crippen LogP contribution is -2.30. The van der Waals surface area contributed by atoms with Gasteiger partial charge in [0.25, 0.3) is 0 Å². The maximum absolute atomic E-state index is 11.9. The highest BCUT2D eigenvalue weighted by atomic mass is 16.2. The Hall–Kier alpha value is -0.790. The SMILES string of the molecule is C=CN1CCC(C(C)(C)CC(C)(C)C)CCC1=O. The summed E-state index contributed by atoms with van der Waals surface area (Å²) in [7, 11) is 0. The fraction of sp³-hybridized carbons (Fsp3) is 0.812. The van der Waals surface area contributed by atoms with E-state index in [0.717, 1.165) is 19.4 Å². The average Bonchev–Trinajstić information content (AvgIpc) is 2.36. The van der Waals surface area contributed by atoms with Crippen molar-refractivity contribution in [3.05, 3.63) is 12.8 Å². The lowest BCUT2D eigenvalue weighted by Gasteiger charge is -2.39. The topological polar surface area (TPSA) is 20.3 Å². The Balaban J connectivity index is 2.72. The van der Waals surface area contributed by atoms with Crippen LogP contribution in [0.4, 0.5) is 0 Å². The number of nitrogens with zero attached hydrogens (tertiary/aromatic N) is 1. The van der Waals surface area contributed by atoms with Crippen molar-refractivity contribution in [2.45, 2.75) is 60.3 Å². The molecule has 0 bridgehead atoms. The van der Waals surface area contributed by atoms with Gasteiger partial charge >= 0.3 is 0 Å². The van der Waals surface area contributed by atoms with E-state index in [4.69, 9.17) is 0 Å². The van der Waals surface area contributed by atoms with Crippen LogP contribution in [0.1, 0.15) is 60.3 Å². The van der Waals surface area contributed by atoms with Crippen LogP contribution < -0.4 is 0 Å². The molecule has 0 saturated carbocycles. The lowest BCUT2D eigenvalue weighted by atomic mass is 9.67. The third kappa shape index (κ3) is 4.15. The van der Waals surface area contributed by atoms with E-state index in [0.29, 0.717) is 23.2 Å². The predicted octanol–water partition coefficient (Wildman–Crippen LogP) is 4.22. The molecule has 0 spiro atoms. The van der Waals surface area contributed by atoms with Crippen LogP contribution in [0.3, 0.4) is 0 Å². The molecule has 0 aromatic carbocycles. The monoisotopic (exact) mass is 251 g/mol. The van der Waals surface area contributed by atoms with E-state index in [9.17, 15) is 4.79 Å². The van der Waals surface area contributed by atoms with Gasteiger partial charge in [0.15, 0.2) is 0 Å². The molecule has 0 N–H and O–H groups in total. The molecule has 2 nitrogen and oxygen atoms in total. The van der Waals surface area contributed by atoms with Crippen LogP contribution in [0, 0.1) is 16.7 Å². The number of hydrogen-bond acceptors (Lipinski definition) is 1. The van der Waals surface area contributed by atoms with Gasteiger partial charge in [0.2, 0.25) is 5.91 Å². The zero-order valence-corrected chi connectivity index (χ0v) is 12.8. The molecule has 0 aromatic rings. The molecule has 1 atom stereocenters. The number of carbonyl (C=O) groups is 1. The van der Waals surface area contributed by atoms with E-state index >= 15 is 0 Å². The summed E-state index contributed by atoms with van der Waals surface area (Å²) in [5.74, 6) is 0.865. The lowest BCUT2D eigenvalue weighted by molar-refractivity contribution is -0.128. The molecule has 1 rings (SSSR count). The molecule has 1 aliphatic heterocycles. The van der Waals surface area contributed by atoms with Crippen LogP contribution in [-0.4, -0.2) is 17.4 Å². The molecule has 2 heteroatoms. The number of rotatable bonds is 3. The molecular formula is C16H29NO. The normalized spacial score (nSPS) is 22.8. The summed E-state index contributed by atoms with van der Waals surface area (Å²) in [6, 6.07) is 0. The Morgan fingerprint density at radius 1 is 1.28 bits per heavy atom. The molecule has 1 aliphatic rings. The summed E-state index contributed by atoms with van der Waals surface area (Å²) in [4.78, 5) is 13.6. The molecule has 0 aromatic heterocycles. The van der Waals surface area contributed by atoms with Crippen LogP contribution in [0.5, 0.6) is 0 Å². The molecule has 1 unspecified atom stereocenters. The van der Waals surface area contributed by atoms with Gasteiger partial charge in [-0.25, -0.2) is 0 Å². The first-order chi connectivity index (χ1) is 8.15. The van der Waals surface area contributed by atoms with Crippen molar-refractivity contribution in [2.24, 2.45) is 16.7 Å². The highest BCUT2D eigenvalue weighted by Gasteiger charge is 2.35. The van der Waals surface area contributed by atoms with Gasteiger partial charge in [-0.2, -0.15) is 0 Å². The summed E-state index contributed by atoms with van der Waals surface area (Å²) in [6.45, 7) is 16.2. The van der Waals surface area contributed by atoms with Gasteiger partial charge in [0, 0.05) is 13.0 Å². The Labute approximate surface area is 112 Å². The average molecular weight is 251 g/mol. The number of amides is 1. The molecule has 0 radical (unpaired) electrons. The summed E-state index contributed by atoms with van der Waals surface area (Å²) >= 11 is 0. The van der Waals surface area contributed by atoms with Crippen LogP contribution in [0.25, 0.3) is 0 Å². The van der Waals surface area contributed by atoms with E-state index < -0.39 is 0 Å². The smallest absolute Gasteiger partial charge is 0.226 e. The first-order valence-electron chi connectivity index (χ1n) is 7.08. The minimum Gasteiger partial charge on any atom is -0.320 e. The standard InChI is InChI=1S/C16H29NO/c1-7-17-11-10-13(8-9-14(17)18)16(5,6)12-15(2,3)4/h7,13H,1,8-12H2,2-6H3. The number of carbonyl (C=O) groups excluding carboxylic acids is 1. The van der Waals surface area contributed by atoms with Gasteiger partial charge in [-0.1, -0.05) is 41.2 Å². The molecule has 1 saturated heterocycles. The van der Waals surface area contributed by atoms with Crippen molar-refractivity contribution in [1.29, 1.82) is 0 Å². The minimum absolute atomic E-state index is 0.235. The van der Waals surface area contributed by atoms with E-state index in [2.05, 4.69) is 41.2 Å². The molecule has 1 fully saturated rings. The van der Waals surface area contributed by atoms with Gasteiger partial charge < -0.3 is 4.90 Å². The van der Waals surface area contributed by atoms with Crippen LogP contribution in [-0.2, 0) is 4.79 Å². The van der Waals surface area contributed by atoms with Crippen LogP contribution in [0.15, 0.2) is 12.8 Å². The minimum atomic E-state index is 0.235. The van der Waals surface area contributed by atoms with Gasteiger partial charge in [-0.15, -0.1) is 0 Å². The molecule has 0 aliphatic carbocycles. The summed E-state index contributed by atoms with van der Waals surface area (Å²) in [5.41, 5.74) is 0.646. The van der Waals surface area contributed by atoms with Crippen LogP contribution >= 0.6 is 0 Å². The zero-order valence-electron chi connectivity index (χ0n) is 12.8. The van der Waals surface area contributed by atoms with Crippen molar-refractivity contribution in [3.63, 3.8) is 0 Å². The van der Waals surface area contributed by atoms with Gasteiger partial charge in [0.05, 0.1) is 0 Å². The maximum atomic E-state index is 11.9. The van der Waals surface area contributed by atoms with E-state index in [1.807, 2.05) is 0 Å². The first-order valence-corrected chi connectivity index (χ1v) is 7.08. The fourth-order valence-corrected chi connectivity index (χ4v) is 3.49. The van der Waals surface area contributed by atoms with Crippen molar-refractivity contribution in [3.8, 4) is 0 Å². The first kappa shape index (κ1) is 15.3. The van der Waals surface area contributed by atoms with Gasteiger partial charge in [0.1, 0.15) is 0 Å². The zero-order chi connectivity index (χ0) is 14.0. The summed E-state index contributed by atoms with van der Waals surface area (Å²) in [6.07, 6.45) is 5.67. The quantitative estimate of drug-likeness (QED) is 0.735. The third-order valence-electron chi connectivity index (χ3n) is 4.06. The van der Waals surface area contributed by atoms with Crippen LogP contribution in [0.2, 0.25) is 0 Å². The van der Waals surface area contributed by atoms with E-state index in [1.54, 1.807) is 11.1 Å². The second kappa shape index (κ2) is 5.46. The molecule has 18 heavy (non-hydrogen) atoms. The van der Waals surface area contributed by atoms with E-state index in [-0.39, 0.29) is 5.91 Å². The Morgan fingerprint density at radius 3 is 2.39 bits per heavy atom. The summed E-state index contributed by atoms with van der Waals surface area (Å²) in [5, 5.41) is 0. The number of hydrogen-bond donors (Lipinski definition) is 0. The molecule has 1 heterocycles. The van der Waals surface area contributed by atoms with E-state index in [1.165, 1.54) is 6.42 Å². The Morgan fingerprint density at radius 2 is 1.89 bits per heavy atom. The Bertz CT molecular complexity index is 312. The maximum Gasteiger partial charge on any atom is 0.226 e. The second-order valence-corrected chi connectivity index (χ2v) is 7.52. The molecule has 1 amide bonds. The van der Waals surface area contributed by atoms with Crippen molar-refractivity contribution in [1.82, 2.24) is 4.90 Å². The fourth-order valence-electron chi connectivity index (χ4n) is 3.49. The van der Waals surface area contributed by atoms with Crippen molar-refractivity contribution < 1.29 is 4.79 Å².